The Morgan fingerprint density at radius 3 is 1.18 bits per heavy atom. The summed E-state index contributed by atoms with van der Waals surface area (Å²) in [5, 5.41) is 18.0. The fourth-order valence-corrected chi connectivity index (χ4v) is 18.8. The Hall–Kier alpha value is -7.84. The Kier molecular flexibility index (Phi) is 46.8. The number of rotatable bonds is 37. The topological polar surface area (TPSA) is 133 Å². The molecule has 1 saturated heterocycles. The largest absolute Gasteiger partial charge is 0.508 e. The number of ether oxygens (including phenoxy) is 10. The van der Waals surface area contributed by atoms with E-state index in [1.165, 1.54) is 187 Å². The Morgan fingerprint density at radius 2 is 0.736 bits per heavy atom. The molecule has 0 bridgehead atoms. The number of hydrogen-bond donors (Lipinski definition) is 2. The first-order chi connectivity index (χ1) is 62.5. The van der Waals surface area contributed by atoms with Crippen molar-refractivity contribution in [3.05, 3.63) is 245 Å². The summed E-state index contributed by atoms with van der Waals surface area (Å²) in [5.41, 5.74) is 10.6. The molecule has 1 aliphatic heterocycles. The van der Waals surface area contributed by atoms with Crippen LogP contribution in [-0.2, 0) is 23.7 Å². The van der Waals surface area contributed by atoms with Gasteiger partial charge in [0.25, 0.3) is 0 Å². The third-order valence-corrected chi connectivity index (χ3v) is 29.0. The van der Waals surface area contributed by atoms with Crippen molar-refractivity contribution in [2.24, 2.45) is 29.1 Å². The van der Waals surface area contributed by atoms with Gasteiger partial charge in [-0.3, -0.25) is 0 Å². The van der Waals surface area contributed by atoms with E-state index < -0.39 is 0 Å². The van der Waals surface area contributed by atoms with Gasteiger partial charge in [0.15, 0.2) is 12.6 Å². The van der Waals surface area contributed by atoms with Crippen LogP contribution in [0, 0.1) is 29.1 Å². The third kappa shape index (κ3) is 36.6. The second-order valence-electron chi connectivity index (χ2n) is 39.0. The molecule has 0 aromatic heterocycles. The number of phenolic OH excluding ortho intramolecular Hbond substituents is 2. The van der Waals surface area contributed by atoms with Crippen LogP contribution in [0.1, 0.15) is 396 Å². The van der Waals surface area contributed by atoms with Crippen molar-refractivity contribution >= 4 is 0 Å². The van der Waals surface area contributed by atoms with Crippen LogP contribution >= 0.6 is 0 Å². The molecule has 6 fully saturated rings. The Morgan fingerprint density at radius 1 is 0.341 bits per heavy atom. The zero-order chi connectivity index (χ0) is 92.1. The van der Waals surface area contributed by atoms with Crippen molar-refractivity contribution in [1.29, 1.82) is 0 Å². The highest BCUT2D eigenvalue weighted by Gasteiger charge is 2.41. The minimum Gasteiger partial charge on any atom is -0.508 e. The maximum atomic E-state index is 9.01. The van der Waals surface area contributed by atoms with Crippen LogP contribution in [-0.4, -0.2) is 74.3 Å². The van der Waals surface area contributed by atoms with Gasteiger partial charge < -0.3 is 57.6 Å². The Balaban J connectivity index is 0.000000180. The molecule has 14 atom stereocenters. The van der Waals surface area contributed by atoms with Gasteiger partial charge in [-0.2, -0.15) is 0 Å². The van der Waals surface area contributed by atoms with Gasteiger partial charge in [-0.05, 0) is 312 Å². The van der Waals surface area contributed by atoms with Gasteiger partial charge in [0.2, 0.25) is 12.6 Å². The first kappa shape index (κ1) is 105. The smallest absolute Gasteiger partial charge is 0.226 e. The van der Waals surface area contributed by atoms with Crippen molar-refractivity contribution in [3.63, 3.8) is 0 Å². The molecular formula is C117H170O12. The summed E-state index contributed by atoms with van der Waals surface area (Å²) < 4.78 is 60.8. The second-order valence-corrected chi connectivity index (χ2v) is 39.0. The van der Waals surface area contributed by atoms with Crippen LogP contribution < -0.4 is 23.7 Å². The molecule has 12 nitrogen and oxygen atoms in total. The lowest BCUT2D eigenvalue weighted by Gasteiger charge is -2.42. The Bertz CT molecular complexity index is 4130. The van der Waals surface area contributed by atoms with Crippen LogP contribution in [0.3, 0.4) is 0 Å². The van der Waals surface area contributed by atoms with Crippen molar-refractivity contribution in [3.8, 4) is 40.2 Å². The monoisotopic (exact) mass is 1770 g/mol. The molecule has 5 aliphatic carbocycles. The highest BCUT2D eigenvalue weighted by atomic mass is 16.7. The molecule has 2 N–H and O–H groups in total. The van der Waals surface area contributed by atoms with Gasteiger partial charge in [0, 0.05) is 17.6 Å². The molecule has 8 aromatic carbocycles. The molecule has 129 heavy (non-hydrogen) atoms. The zero-order valence-electron chi connectivity index (χ0n) is 82.6. The van der Waals surface area contributed by atoms with Crippen LogP contribution in [0.25, 0.3) is 0 Å². The standard InChI is InChI=1S/C27H36O2.C26H36O3.C25H40O3.C19H30O2.2C10H14O/c1-3-20(2)21-13-16-25(17-14-21)28-27(23-10-5-4-6-11-23)29-26-18-15-22-9-7-8-12-24(22)19-26;1-4-20(2)22-10-16-26(17-11-22)29-21(3)27-18-19-28-25-14-12-24(13-15-25)23-8-6-5-7-9-23;1-5-19(2)20-13-15-22(16-14-20)28-24(27-18-23-12-9-17-26-23)25(3,4)21-10-7-6-8-11-21;1-4-15(2)18-10-12-19(13-11-18)21-16(3)20-14-17-8-6-5-7-9-17;2*1-3-8(2)9-4-6-10(11)7-5-9/h4-6,10-11,13-14,16-17,20,22,24,26-27H,3,7-9,12,15,18-19H2,1-2H3;10-17,20-21,23H,4-9,18-19H2,1-3H3;13-16,19,21,23-24H,5-12,17-18H2,1-4H3;10-13,15-17H,4-9,14H2,1-3H3;2*4-8,11H,3H2,1-2H3. The van der Waals surface area contributed by atoms with E-state index in [9.17, 15) is 0 Å². The van der Waals surface area contributed by atoms with E-state index in [1.54, 1.807) is 24.3 Å². The number of aromatic hydroxyl groups is 2. The average molecular weight is 1770 g/mol. The summed E-state index contributed by atoms with van der Waals surface area (Å²) in [6.45, 7) is 38.6. The summed E-state index contributed by atoms with van der Waals surface area (Å²) in [4.78, 5) is 0. The lowest BCUT2D eigenvalue weighted by Crippen LogP contribution is -2.44. The van der Waals surface area contributed by atoms with E-state index in [1.807, 2.05) is 50.2 Å². The van der Waals surface area contributed by atoms with E-state index in [-0.39, 0.29) is 36.7 Å². The maximum absolute atomic E-state index is 9.01. The average Bonchev–Trinajstić information content (AvgIpc) is 1.78. The van der Waals surface area contributed by atoms with E-state index in [0.717, 1.165) is 116 Å². The molecule has 14 unspecified atom stereocenters. The number of phenols is 2. The molecule has 0 spiro atoms. The van der Waals surface area contributed by atoms with Gasteiger partial charge in [0.1, 0.15) is 46.9 Å². The van der Waals surface area contributed by atoms with Gasteiger partial charge in [-0.25, -0.2) is 0 Å². The molecule has 1 heterocycles. The fraction of sp³-hybridized carbons (Fsp3) is 0.590. The molecule has 12 heteroatoms. The van der Waals surface area contributed by atoms with Crippen molar-refractivity contribution in [2.75, 3.05) is 33.0 Å². The predicted molar refractivity (Wildman–Crippen MR) is 534 cm³/mol. The number of hydrogen-bond acceptors (Lipinski definition) is 12. The lowest BCUT2D eigenvalue weighted by molar-refractivity contribution is -0.181. The van der Waals surface area contributed by atoms with E-state index in [4.69, 9.17) is 57.6 Å². The van der Waals surface area contributed by atoms with Gasteiger partial charge in [-0.1, -0.05) is 296 Å². The Labute approximate surface area is 782 Å². The third-order valence-electron chi connectivity index (χ3n) is 29.0. The quantitative estimate of drug-likeness (QED) is 0.0284. The van der Waals surface area contributed by atoms with Crippen molar-refractivity contribution in [2.45, 2.75) is 382 Å². The van der Waals surface area contributed by atoms with Crippen LogP contribution in [0.5, 0.6) is 40.2 Å². The van der Waals surface area contributed by atoms with Crippen LogP contribution in [0.4, 0.5) is 0 Å². The first-order valence-corrected chi connectivity index (χ1v) is 51.1. The summed E-state index contributed by atoms with van der Waals surface area (Å²) in [7, 11) is 0. The van der Waals surface area contributed by atoms with Crippen LogP contribution in [0.2, 0.25) is 0 Å². The second kappa shape index (κ2) is 57.6. The molecule has 14 rings (SSSR count). The van der Waals surface area contributed by atoms with Crippen LogP contribution in [0.15, 0.2) is 200 Å². The van der Waals surface area contributed by atoms with Crippen molar-refractivity contribution < 1.29 is 57.6 Å². The summed E-state index contributed by atoms with van der Waals surface area (Å²) >= 11 is 0. The van der Waals surface area contributed by atoms with E-state index in [2.05, 4.69) is 236 Å². The number of benzene rings is 8. The molecule has 710 valence electrons. The number of fused-ring (bicyclic) bond motifs is 1. The fourth-order valence-electron chi connectivity index (χ4n) is 18.8. The summed E-state index contributed by atoms with van der Waals surface area (Å²) in [6, 6.07) is 67.9. The molecule has 5 saturated carbocycles. The SMILES string of the molecule is CCC(C)c1ccc(O)cc1.CCC(C)c1ccc(O)cc1.CCC(C)c1ccc(OC(C)OCC2CCCCC2)cc1.CCC(C)c1ccc(OC(C)OCCOc2ccc(C3CCCCC3)cc2)cc1.CCC(C)c1ccc(OC(OC2CCC3CCCCC3C2)c2ccccc2)cc1.CCC(C)c1ccc(OC(OCC2CCCO2)C(C)(C)C2CCCCC2)cc1. The maximum Gasteiger partial charge on any atom is 0.226 e. The molecule has 0 radical (unpaired) electrons. The van der Waals surface area contributed by atoms with Crippen molar-refractivity contribution in [1.82, 2.24) is 0 Å². The molecular weight excluding hydrogens is 1600 g/mol. The summed E-state index contributed by atoms with van der Waals surface area (Å²) in [5.74, 6) is 12.6. The predicted octanol–water partition coefficient (Wildman–Crippen LogP) is 32.8. The minimum atomic E-state index is -0.337. The van der Waals surface area contributed by atoms with Gasteiger partial charge >= 0.3 is 0 Å². The minimum absolute atomic E-state index is 0.0194. The lowest BCUT2D eigenvalue weighted by atomic mass is 9.70. The van der Waals surface area contributed by atoms with Gasteiger partial charge in [0.05, 0.1) is 32.0 Å². The van der Waals surface area contributed by atoms with E-state index in [0.29, 0.717) is 78.8 Å². The highest BCUT2D eigenvalue weighted by molar-refractivity contribution is 5.35. The van der Waals surface area contributed by atoms with E-state index >= 15 is 0 Å². The normalized spacial score (nSPS) is 20.2. The molecule has 8 aromatic rings. The highest BCUT2D eigenvalue weighted by Crippen LogP contribution is 2.45. The first-order valence-electron chi connectivity index (χ1n) is 51.1. The summed E-state index contributed by atoms with van der Waals surface area (Å²) in [6.07, 6.45) is 38.1. The van der Waals surface area contributed by atoms with Gasteiger partial charge in [-0.15, -0.1) is 0 Å². The zero-order valence-corrected chi connectivity index (χ0v) is 82.6. The molecule has 6 aliphatic rings. The molecule has 0 amide bonds.